The highest BCUT2D eigenvalue weighted by atomic mass is 16.8. The minimum Gasteiger partial charge on any atom is -0.345 e. The highest BCUT2D eigenvalue weighted by Gasteiger charge is 2.24. The fraction of sp³-hybridized carbons (Fsp3) is 0.455. The number of likely N-dealkylation sites (N-methyl/N-ethyl adjacent to an activating group) is 1. The lowest BCUT2D eigenvalue weighted by molar-refractivity contribution is -0.334. The number of nitrogens with zero attached hydrogens (tertiary/aromatic N) is 1. The molecular weight excluding hydrogens is 178 g/mol. The lowest BCUT2D eigenvalue weighted by Crippen LogP contribution is -2.40. The minimum atomic E-state index is -0.252. The monoisotopic (exact) mass is 193 g/mol. The highest BCUT2D eigenvalue weighted by molar-refractivity contribution is 5.16. The molecule has 1 aliphatic rings. The van der Waals surface area contributed by atoms with Gasteiger partial charge in [-0.1, -0.05) is 30.3 Å². The van der Waals surface area contributed by atoms with Gasteiger partial charge < -0.3 is 4.74 Å². The smallest absolute Gasteiger partial charge is 0.203 e. The van der Waals surface area contributed by atoms with E-state index in [0.29, 0.717) is 12.6 Å². The van der Waals surface area contributed by atoms with Gasteiger partial charge in [0.05, 0.1) is 12.6 Å². The number of ether oxygens (including phenoxy) is 1. The molecule has 0 spiro atoms. The van der Waals surface area contributed by atoms with Crippen molar-refractivity contribution in [2.45, 2.75) is 19.3 Å². The average molecular weight is 193 g/mol. The van der Waals surface area contributed by atoms with Crippen LogP contribution in [0.15, 0.2) is 30.3 Å². The van der Waals surface area contributed by atoms with Crippen molar-refractivity contribution in [3.05, 3.63) is 35.9 Å². The van der Waals surface area contributed by atoms with Gasteiger partial charge in [-0.15, -0.1) is 0 Å². The average Bonchev–Trinajstić information content (AvgIpc) is 2.23. The van der Waals surface area contributed by atoms with Gasteiger partial charge in [-0.3, -0.25) is 4.84 Å². The van der Waals surface area contributed by atoms with Gasteiger partial charge >= 0.3 is 0 Å². The summed E-state index contributed by atoms with van der Waals surface area (Å²) in [5, 5.41) is 1.85. The maximum Gasteiger partial charge on any atom is 0.203 e. The second-order valence-electron chi connectivity index (χ2n) is 3.58. The molecule has 1 fully saturated rings. The van der Waals surface area contributed by atoms with Gasteiger partial charge in [-0.25, -0.2) is 0 Å². The first-order valence-corrected chi connectivity index (χ1v) is 4.83. The van der Waals surface area contributed by atoms with Gasteiger partial charge in [0.15, 0.2) is 0 Å². The molecule has 0 saturated carbocycles. The van der Waals surface area contributed by atoms with Crippen molar-refractivity contribution in [3.63, 3.8) is 0 Å². The Hall–Kier alpha value is -0.900. The van der Waals surface area contributed by atoms with E-state index < -0.39 is 0 Å². The van der Waals surface area contributed by atoms with E-state index in [9.17, 15) is 0 Å². The first-order chi connectivity index (χ1) is 6.77. The van der Waals surface area contributed by atoms with Crippen LogP contribution in [-0.2, 0) is 9.57 Å². The zero-order valence-corrected chi connectivity index (χ0v) is 8.51. The Labute approximate surface area is 84.2 Å². The first-order valence-electron chi connectivity index (χ1n) is 4.83. The fourth-order valence-corrected chi connectivity index (χ4v) is 1.38. The summed E-state index contributed by atoms with van der Waals surface area (Å²) in [7, 11) is 1.93. The summed E-state index contributed by atoms with van der Waals surface area (Å²) in [4.78, 5) is 5.60. The Morgan fingerprint density at radius 3 is 2.64 bits per heavy atom. The van der Waals surface area contributed by atoms with E-state index in [4.69, 9.17) is 9.57 Å². The molecule has 1 aromatic carbocycles. The second kappa shape index (κ2) is 4.09. The van der Waals surface area contributed by atoms with E-state index in [1.54, 1.807) is 0 Å². The van der Waals surface area contributed by atoms with Crippen molar-refractivity contribution in [3.8, 4) is 0 Å². The molecule has 3 nitrogen and oxygen atoms in total. The van der Waals surface area contributed by atoms with Crippen LogP contribution >= 0.6 is 0 Å². The Bertz CT molecular complexity index is 289. The maximum absolute atomic E-state index is 5.60. The van der Waals surface area contributed by atoms with Crippen LogP contribution in [0, 0.1) is 0 Å². The molecule has 0 aliphatic carbocycles. The molecule has 0 radical (unpaired) electrons. The summed E-state index contributed by atoms with van der Waals surface area (Å²) < 4.78 is 5.58. The SMILES string of the molecule is C[C@H]1CO[C@@H](c2ccccc2)ON1C. The van der Waals surface area contributed by atoms with E-state index in [0.717, 1.165) is 5.56 Å². The molecule has 0 unspecified atom stereocenters. The quantitative estimate of drug-likeness (QED) is 0.680. The van der Waals surface area contributed by atoms with Crippen LogP contribution in [0.3, 0.4) is 0 Å². The van der Waals surface area contributed by atoms with Crippen LogP contribution in [0.2, 0.25) is 0 Å². The molecule has 0 N–H and O–H groups in total. The molecule has 3 heteroatoms. The Morgan fingerprint density at radius 1 is 1.29 bits per heavy atom. The van der Waals surface area contributed by atoms with Crippen molar-refractivity contribution in [1.82, 2.24) is 5.06 Å². The van der Waals surface area contributed by atoms with Gasteiger partial charge in [-0.2, -0.15) is 5.06 Å². The summed E-state index contributed by atoms with van der Waals surface area (Å²) >= 11 is 0. The van der Waals surface area contributed by atoms with Gasteiger partial charge in [-0.05, 0) is 6.92 Å². The standard InChI is InChI=1S/C11H15NO2/c1-9-8-13-11(14-12(9)2)10-6-4-3-5-7-10/h3-7,9,11H,8H2,1-2H3/t9-,11+/m0/s1. The van der Waals surface area contributed by atoms with Crippen molar-refractivity contribution >= 4 is 0 Å². The van der Waals surface area contributed by atoms with Crippen LogP contribution in [0.5, 0.6) is 0 Å². The van der Waals surface area contributed by atoms with E-state index in [2.05, 4.69) is 6.92 Å². The van der Waals surface area contributed by atoms with E-state index in [-0.39, 0.29) is 6.29 Å². The minimum absolute atomic E-state index is 0.252. The highest BCUT2D eigenvalue weighted by Crippen LogP contribution is 2.24. The molecule has 0 bridgehead atoms. The molecule has 0 amide bonds. The van der Waals surface area contributed by atoms with Crippen LogP contribution in [0.25, 0.3) is 0 Å². The predicted octanol–water partition coefficient (Wildman–Crippen LogP) is 1.97. The predicted molar refractivity (Wildman–Crippen MR) is 53.4 cm³/mol. The van der Waals surface area contributed by atoms with Crippen LogP contribution < -0.4 is 0 Å². The van der Waals surface area contributed by atoms with Crippen LogP contribution in [0.1, 0.15) is 18.8 Å². The Morgan fingerprint density at radius 2 is 2.00 bits per heavy atom. The van der Waals surface area contributed by atoms with Crippen molar-refractivity contribution in [2.75, 3.05) is 13.7 Å². The first kappa shape index (κ1) is 9.65. The maximum atomic E-state index is 5.60. The molecule has 76 valence electrons. The fourth-order valence-electron chi connectivity index (χ4n) is 1.38. The molecule has 2 rings (SSSR count). The summed E-state index contributed by atoms with van der Waals surface area (Å²) in [6.45, 7) is 2.78. The summed E-state index contributed by atoms with van der Waals surface area (Å²) in [5.74, 6) is 0. The van der Waals surface area contributed by atoms with E-state index in [1.165, 1.54) is 0 Å². The summed E-state index contributed by atoms with van der Waals surface area (Å²) in [6, 6.07) is 10.3. The molecule has 1 heterocycles. The largest absolute Gasteiger partial charge is 0.345 e. The third-order valence-corrected chi connectivity index (χ3v) is 2.44. The number of benzene rings is 1. The van der Waals surface area contributed by atoms with Gasteiger partial charge in [0.1, 0.15) is 0 Å². The molecular formula is C11H15NO2. The van der Waals surface area contributed by atoms with E-state index in [1.807, 2.05) is 42.4 Å². The van der Waals surface area contributed by atoms with Crippen LogP contribution in [0.4, 0.5) is 0 Å². The number of hydroxylamine groups is 2. The van der Waals surface area contributed by atoms with Crippen molar-refractivity contribution < 1.29 is 9.57 Å². The van der Waals surface area contributed by atoms with Crippen molar-refractivity contribution in [1.29, 1.82) is 0 Å². The molecule has 14 heavy (non-hydrogen) atoms. The Kier molecular flexibility index (Phi) is 2.82. The van der Waals surface area contributed by atoms with Crippen molar-refractivity contribution in [2.24, 2.45) is 0 Å². The number of hydrogen-bond acceptors (Lipinski definition) is 3. The third-order valence-electron chi connectivity index (χ3n) is 2.44. The zero-order valence-electron chi connectivity index (χ0n) is 8.51. The molecule has 0 aromatic heterocycles. The number of rotatable bonds is 1. The van der Waals surface area contributed by atoms with E-state index >= 15 is 0 Å². The molecule has 1 saturated heterocycles. The third kappa shape index (κ3) is 1.95. The molecule has 1 aliphatic heterocycles. The second-order valence-corrected chi connectivity index (χ2v) is 3.58. The van der Waals surface area contributed by atoms with Gasteiger partial charge in [0.25, 0.3) is 0 Å². The van der Waals surface area contributed by atoms with Gasteiger partial charge in [0.2, 0.25) is 6.29 Å². The Balaban J connectivity index is 2.07. The molecule has 1 aromatic rings. The summed E-state index contributed by atoms with van der Waals surface area (Å²) in [6.07, 6.45) is -0.252. The topological polar surface area (TPSA) is 21.7 Å². The van der Waals surface area contributed by atoms with Crippen LogP contribution in [-0.4, -0.2) is 24.8 Å². The summed E-state index contributed by atoms with van der Waals surface area (Å²) in [5.41, 5.74) is 1.06. The van der Waals surface area contributed by atoms with Gasteiger partial charge in [0, 0.05) is 12.6 Å². The lowest BCUT2D eigenvalue weighted by atomic mass is 10.2. The molecule has 2 atom stereocenters. The zero-order chi connectivity index (χ0) is 9.97. The lowest BCUT2D eigenvalue weighted by Gasteiger charge is -2.34. The number of hydrogen-bond donors (Lipinski definition) is 0. The normalized spacial score (nSPS) is 29.0.